The van der Waals surface area contributed by atoms with E-state index in [4.69, 9.17) is 0 Å². The number of unbranched alkanes of at least 4 members (excludes halogenated alkanes) is 18. The first-order chi connectivity index (χ1) is 17.7. The zero-order chi connectivity index (χ0) is 25.7. The van der Waals surface area contributed by atoms with Gasteiger partial charge in [0.1, 0.15) is 0 Å². The Morgan fingerprint density at radius 2 is 1.17 bits per heavy atom. The minimum atomic E-state index is 0.978. The van der Waals surface area contributed by atoms with Gasteiger partial charge in [0.25, 0.3) is 0 Å². The third-order valence-corrected chi connectivity index (χ3v) is 7.83. The minimum Gasteiger partial charge on any atom is -0.388 e. The number of allylic oxidation sites excluding steroid dienone is 1. The second kappa shape index (κ2) is 20.4. The van der Waals surface area contributed by atoms with E-state index in [1.807, 2.05) is 0 Å². The second-order valence-corrected chi connectivity index (χ2v) is 11.2. The van der Waals surface area contributed by atoms with Crippen LogP contribution in [0.1, 0.15) is 141 Å². The van der Waals surface area contributed by atoms with Crippen molar-refractivity contribution in [2.75, 3.05) is 6.54 Å². The van der Waals surface area contributed by atoms with E-state index in [1.54, 1.807) is 0 Å². The molecule has 1 aromatic heterocycles. The average Bonchev–Trinajstić information content (AvgIpc) is 3.21. The summed E-state index contributed by atoms with van der Waals surface area (Å²) in [5, 5.41) is 4.94. The van der Waals surface area contributed by atoms with Crippen LogP contribution in [0, 0.1) is 0 Å². The van der Waals surface area contributed by atoms with E-state index in [2.05, 4.69) is 60.9 Å². The van der Waals surface area contributed by atoms with Gasteiger partial charge >= 0.3 is 0 Å². The summed E-state index contributed by atoms with van der Waals surface area (Å²) in [7, 11) is 2.14. The van der Waals surface area contributed by atoms with Crippen LogP contribution >= 0.6 is 0 Å². The number of hydrogen-bond donors (Lipinski definition) is 1. The molecule has 0 aliphatic heterocycles. The average molecular weight is 495 g/mol. The number of fused-ring (bicyclic) bond motifs is 1. The van der Waals surface area contributed by atoms with Gasteiger partial charge in [-0.05, 0) is 30.9 Å². The third kappa shape index (κ3) is 13.6. The van der Waals surface area contributed by atoms with Crippen LogP contribution in [0.15, 0.2) is 42.7 Å². The summed E-state index contributed by atoms with van der Waals surface area (Å²) in [6.07, 6.45) is 31.7. The van der Waals surface area contributed by atoms with Crippen LogP contribution in [0.3, 0.4) is 0 Å². The zero-order valence-electron chi connectivity index (χ0n) is 24.1. The van der Waals surface area contributed by atoms with Crippen LogP contribution < -0.4 is 5.32 Å². The highest BCUT2D eigenvalue weighted by Gasteiger charge is 2.05. The van der Waals surface area contributed by atoms with E-state index in [1.165, 1.54) is 144 Å². The van der Waals surface area contributed by atoms with Crippen molar-refractivity contribution in [3.63, 3.8) is 0 Å². The molecular formula is C34H58N2. The van der Waals surface area contributed by atoms with Crippen molar-refractivity contribution in [1.29, 1.82) is 0 Å². The van der Waals surface area contributed by atoms with Crippen LogP contribution in [-0.2, 0) is 13.5 Å². The molecule has 2 rings (SSSR count). The van der Waals surface area contributed by atoms with E-state index < -0.39 is 0 Å². The summed E-state index contributed by atoms with van der Waals surface area (Å²) in [4.78, 5) is 0. The molecule has 0 aliphatic rings. The van der Waals surface area contributed by atoms with Gasteiger partial charge in [-0.2, -0.15) is 0 Å². The fourth-order valence-corrected chi connectivity index (χ4v) is 5.50. The first-order valence-electron chi connectivity index (χ1n) is 15.7. The Hall–Kier alpha value is -1.70. The summed E-state index contributed by atoms with van der Waals surface area (Å²) in [5.74, 6) is 0. The number of nitrogens with one attached hydrogen (secondary N) is 1. The molecule has 0 saturated heterocycles. The fourth-order valence-electron chi connectivity index (χ4n) is 5.50. The lowest BCUT2D eigenvalue weighted by Gasteiger charge is -2.09. The minimum absolute atomic E-state index is 0.978. The molecular weight excluding hydrogens is 436 g/mol. The maximum Gasteiger partial charge on any atom is 0.0480 e. The second-order valence-electron chi connectivity index (χ2n) is 11.2. The van der Waals surface area contributed by atoms with Crippen LogP contribution in [0.2, 0.25) is 0 Å². The van der Waals surface area contributed by atoms with Crippen molar-refractivity contribution in [3.05, 3.63) is 48.3 Å². The molecule has 2 heteroatoms. The van der Waals surface area contributed by atoms with Gasteiger partial charge in [0.15, 0.2) is 0 Å². The van der Waals surface area contributed by atoms with E-state index in [0.717, 1.165) is 19.4 Å². The summed E-state index contributed by atoms with van der Waals surface area (Å²) >= 11 is 0. The number of benzene rings is 1. The van der Waals surface area contributed by atoms with Crippen LogP contribution in [0.25, 0.3) is 10.9 Å². The van der Waals surface area contributed by atoms with Crippen LogP contribution in [0.4, 0.5) is 0 Å². The van der Waals surface area contributed by atoms with Gasteiger partial charge in [-0.15, -0.1) is 0 Å². The standard InChI is InChI=1S/C34H58N2/c1-4-5-6-7-8-9-10-11-12-13-14-15-16-17-18-19-20-21-22-25-31(2)35-29-28-32-30-36(3)34-27-24-23-26-33(32)34/h23-24,26-27,30,35H,2,4-22,25,28-29H2,1,3H3. The Morgan fingerprint density at radius 1 is 0.694 bits per heavy atom. The van der Waals surface area contributed by atoms with Gasteiger partial charge in [0.2, 0.25) is 0 Å². The molecule has 1 heterocycles. The van der Waals surface area contributed by atoms with Gasteiger partial charge in [-0.1, -0.05) is 147 Å². The van der Waals surface area contributed by atoms with E-state index >= 15 is 0 Å². The summed E-state index contributed by atoms with van der Waals surface area (Å²) in [5.41, 5.74) is 3.96. The third-order valence-electron chi connectivity index (χ3n) is 7.83. The van der Waals surface area contributed by atoms with Crippen molar-refractivity contribution < 1.29 is 0 Å². The molecule has 0 radical (unpaired) electrons. The molecule has 1 N–H and O–H groups in total. The highest BCUT2D eigenvalue weighted by Crippen LogP contribution is 2.20. The van der Waals surface area contributed by atoms with Gasteiger partial charge in [0.05, 0.1) is 0 Å². The number of hydrogen-bond acceptors (Lipinski definition) is 1. The molecule has 0 fully saturated rings. The Kier molecular flexibility index (Phi) is 17.3. The molecule has 0 aliphatic carbocycles. The number of para-hydroxylation sites is 1. The van der Waals surface area contributed by atoms with E-state index in [-0.39, 0.29) is 0 Å². The molecule has 0 bridgehead atoms. The Balaban J connectivity index is 1.31. The largest absolute Gasteiger partial charge is 0.388 e. The topological polar surface area (TPSA) is 17.0 Å². The maximum atomic E-state index is 4.25. The monoisotopic (exact) mass is 494 g/mol. The van der Waals surface area contributed by atoms with Gasteiger partial charge in [-0.3, -0.25) is 0 Å². The van der Waals surface area contributed by atoms with E-state index in [0.29, 0.717) is 0 Å². The molecule has 1 aromatic carbocycles. The molecule has 2 aromatic rings. The molecule has 0 unspecified atom stereocenters. The van der Waals surface area contributed by atoms with Crippen LogP contribution in [0.5, 0.6) is 0 Å². The number of nitrogens with zero attached hydrogens (tertiary/aromatic N) is 1. The van der Waals surface area contributed by atoms with Crippen molar-refractivity contribution in [1.82, 2.24) is 9.88 Å². The lowest BCUT2D eigenvalue weighted by atomic mass is 10.0. The molecule has 0 amide bonds. The normalized spacial score (nSPS) is 11.4. The summed E-state index contributed by atoms with van der Waals surface area (Å²) < 4.78 is 2.23. The summed E-state index contributed by atoms with van der Waals surface area (Å²) in [6, 6.07) is 8.69. The van der Waals surface area contributed by atoms with Crippen LogP contribution in [-0.4, -0.2) is 11.1 Å². The summed E-state index contributed by atoms with van der Waals surface area (Å²) in [6.45, 7) is 7.53. The Labute approximate surface area is 224 Å². The molecule has 204 valence electrons. The number of aromatic nitrogens is 1. The van der Waals surface area contributed by atoms with Crippen molar-refractivity contribution >= 4 is 10.9 Å². The smallest absolute Gasteiger partial charge is 0.0480 e. The molecule has 0 saturated carbocycles. The predicted octanol–water partition coefficient (Wildman–Crippen LogP) is 10.6. The quantitative estimate of drug-likeness (QED) is 0.144. The first-order valence-corrected chi connectivity index (χ1v) is 15.7. The molecule has 36 heavy (non-hydrogen) atoms. The highest BCUT2D eigenvalue weighted by atomic mass is 14.9. The molecule has 0 spiro atoms. The van der Waals surface area contributed by atoms with Crippen molar-refractivity contribution in [2.45, 2.75) is 142 Å². The SMILES string of the molecule is C=C(CCCCCCCCCCCCCCCCCCCCC)NCCc1cn(C)c2ccccc12. The first kappa shape index (κ1) is 30.5. The van der Waals surface area contributed by atoms with Gasteiger partial charge in [-0.25, -0.2) is 0 Å². The Morgan fingerprint density at radius 3 is 1.69 bits per heavy atom. The number of aryl methyl sites for hydroxylation is 1. The Bertz CT molecular complexity index is 803. The lowest BCUT2D eigenvalue weighted by molar-refractivity contribution is 0.522. The van der Waals surface area contributed by atoms with Gasteiger partial charge < -0.3 is 9.88 Å². The highest BCUT2D eigenvalue weighted by molar-refractivity contribution is 5.83. The predicted molar refractivity (Wildman–Crippen MR) is 162 cm³/mol. The zero-order valence-corrected chi connectivity index (χ0v) is 24.1. The van der Waals surface area contributed by atoms with Gasteiger partial charge in [0, 0.05) is 36.4 Å². The van der Waals surface area contributed by atoms with Crippen molar-refractivity contribution in [2.24, 2.45) is 7.05 Å². The van der Waals surface area contributed by atoms with E-state index in [9.17, 15) is 0 Å². The maximum absolute atomic E-state index is 4.25. The molecule has 0 atom stereocenters. The lowest BCUT2D eigenvalue weighted by Crippen LogP contribution is -2.15. The van der Waals surface area contributed by atoms with Crippen molar-refractivity contribution in [3.8, 4) is 0 Å². The number of rotatable bonds is 24. The molecule has 2 nitrogen and oxygen atoms in total. The fraction of sp³-hybridized carbons (Fsp3) is 0.706.